The molecule has 0 heterocycles. The maximum atomic E-state index is 11.3. The first kappa shape index (κ1) is 14.1. The van der Waals surface area contributed by atoms with Crippen LogP contribution in [0.5, 0.6) is 0 Å². The van der Waals surface area contributed by atoms with Crippen LogP contribution in [0.15, 0.2) is 24.3 Å². The van der Waals surface area contributed by atoms with E-state index in [4.69, 9.17) is 0 Å². The van der Waals surface area contributed by atoms with E-state index in [2.05, 4.69) is 21.2 Å². The summed E-state index contributed by atoms with van der Waals surface area (Å²) < 4.78 is 0. The van der Waals surface area contributed by atoms with Gasteiger partial charge in [-0.2, -0.15) is 0 Å². The second-order valence-corrected chi connectivity index (χ2v) is 6.10. The minimum atomic E-state index is -0.915. The van der Waals surface area contributed by atoms with Crippen LogP contribution in [-0.4, -0.2) is 28.4 Å². The van der Waals surface area contributed by atoms with Crippen molar-refractivity contribution in [3.8, 4) is 0 Å². The number of halogens is 1. The number of rotatable bonds is 4. The summed E-state index contributed by atoms with van der Waals surface area (Å²) >= 11 is 3.57. The van der Waals surface area contributed by atoms with Gasteiger partial charge in [0.2, 0.25) is 6.41 Å². The highest BCUT2D eigenvalue weighted by Crippen LogP contribution is 2.37. The van der Waals surface area contributed by atoms with Crippen LogP contribution in [-0.2, 0) is 4.79 Å². The zero-order valence-electron chi connectivity index (χ0n) is 10.4. The third-order valence-corrected chi connectivity index (χ3v) is 4.49. The first-order valence-electron chi connectivity index (χ1n) is 6.29. The average molecular weight is 326 g/mol. The third-order valence-electron chi connectivity index (χ3n) is 3.66. The summed E-state index contributed by atoms with van der Waals surface area (Å²) in [5, 5.41) is 12.1. The highest BCUT2D eigenvalue weighted by atomic mass is 79.9. The number of carbonyl (C=O) groups excluding carboxylic acids is 1. The second kappa shape index (κ2) is 6.19. The molecule has 0 radical (unpaired) electrons. The Balaban J connectivity index is 2.33. The summed E-state index contributed by atoms with van der Waals surface area (Å²) in [6.45, 7) is 0. The third kappa shape index (κ3) is 3.15. The van der Waals surface area contributed by atoms with Gasteiger partial charge in [0.15, 0.2) is 0 Å². The van der Waals surface area contributed by atoms with Gasteiger partial charge in [0.1, 0.15) is 0 Å². The fraction of sp³-hybridized carbons (Fsp3) is 0.429. The Labute approximate surface area is 120 Å². The largest absolute Gasteiger partial charge is 0.478 e. The molecule has 1 saturated carbocycles. The number of carboxylic acids is 1. The predicted octanol–water partition coefficient (Wildman–Crippen LogP) is 2.53. The lowest BCUT2D eigenvalue weighted by Gasteiger charge is -2.34. The molecule has 2 N–H and O–H groups in total. The van der Waals surface area contributed by atoms with E-state index in [1.54, 1.807) is 12.1 Å². The molecule has 0 bridgehead atoms. The first-order chi connectivity index (χ1) is 9.13. The molecule has 1 amide bonds. The molecule has 1 fully saturated rings. The van der Waals surface area contributed by atoms with Crippen LogP contribution < -0.4 is 5.32 Å². The number of aromatic carboxylic acids is 1. The van der Waals surface area contributed by atoms with Crippen LogP contribution in [0.3, 0.4) is 0 Å². The number of benzene rings is 1. The molecule has 102 valence electrons. The van der Waals surface area contributed by atoms with E-state index in [9.17, 15) is 14.7 Å². The monoisotopic (exact) mass is 325 g/mol. The standard InChI is InChI=1S/C14H16BrNO3/c15-9-5-6-11(13(7-9)16-8-17)10-3-1-2-4-12(10)14(18)19/h1-4,8-9,11,13H,5-7H2,(H,16,17)(H,18,19)/t9-,11+,13-/m0/s1. The fourth-order valence-electron chi connectivity index (χ4n) is 2.78. The zero-order chi connectivity index (χ0) is 13.8. The van der Waals surface area contributed by atoms with Crippen molar-refractivity contribution in [3.05, 3.63) is 35.4 Å². The lowest BCUT2D eigenvalue weighted by atomic mass is 9.78. The molecule has 1 aromatic rings. The SMILES string of the molecule is O=CN[C@H]1C[C@@H](Br)CC[C@@H]1c1ccccc1C(=O)O. The number of hydrogen-bond donors (Lipinski definition) is 2. The van der Waals surface area contributed by atoms with Gasteiger partial charge < -0.3 is 10.4 Å². The van der Waals surface area contributed by atoms with Gasteiger partial charge in [-0.25, -0.2) is 4.79 Å². The van der Waals surface area contributed by atoms with E-state index in [1.165, 1.54) is 0 Å². The van der Waals surface area contributed by atoms with Crippen molar-refractivity contribution < 1.29 is 14.7 Å². The zero-order valence-corrected chi connectivity index (χ0v) is 12.0. The highest BCUT2D eigenvalue weighted by molar-refractivity contribution is 9.09. The van der Waals surface area contributed by atoms with Crippen LogP contribution in [0.1, 0.15) is 41.1 Å². The molecule has 0 saturated heterocycles. The predicted molar refractivity (Wildman–Crippen MR) is 75.7 cm³/mol. The van der Waals surface area contributed by atoms with Crippen LogP contribution in [0, 0.1) is 0 Å². The van der Waals surface area contributed by atoms with Gasteiger partial charge in [-0.1, -0.05) is 34.1 Å². The van der Waals surface area contributed by atoms with Crippen LogP contribution in [0.2, 0.25) is 0 Å². The Morgan fingerprint density at radius 1 is 1.37 bits per heavy atom. The van der Waals surface area contributed by atoms with Gasteiger partial charge in [-0.05, 0) is 30.9 Å². The van der Waals surface area contributed by atoms with Gasteiger partial charge in [0, 0.05) is 16.8 Å². The molecule has 0 unspecified atom stereocenters. The molecular weight excluding hydrogens is 310 g/mol. The minimum absolute atomic E-state index is 0.0175. The molecule has 4 nitrogen and oxygen atoms in total. The van der Waals surface area contributed by atoms with Gasteiger partial charge in [-0.3, -0.25) is 4.79 Å². The Morgan fingerprint density at radius 3 is 2.79 bits per heavy atom. The topological polar surface area (TPSA) is 66.4 Å². The van der Waals surface area contributed by atoms with E-state index in [0.29, 0.717) is 16.8 Å². The molecule has 1 aromatic carbocycles. The van der Waals surface area contributed by atoms with E-state index >= 15 is 0 Å². The smallest absolute Gasteiger partial charge is 0.335 e. The molecule has 0 spiro atoms. The lowest BCUT2D eigenvalue weighted by molar-refractivity contribution is -0.110. The van der Waals surface area contributed by atoms with Crippen LogP contribution >= 0.6 is 15.9 Å². The number of amides is 1. The number of hydrogen-bond acceptors (Lipinski definition) is 2. The molecule has 1 aliphatic rings. The van der Waals surface area contributed by atoms with Crippen molar-refractivity contribution in [1.29, 1.82) is 0 Å². The van der Waals surface area contributed by atoms with Gasteiger partial charge in [0.25, 0.3) is 0 Å². The summed E-state index contributed by atoms with van der Waals surface area (Å²) in [5.74, 6) is -0.854. The maximum absolute atomic E-state index is 11.3. The number of nitrogens with one attached hydrogen (secondary N) is 1. The Morgan fingerprint density at radius 2 is 2.11 bits per heavy atom. The molecule has 1 aliphatic carbocycles. The second-order valence-electron chi connectivity index (χ2n) is 4.80. The molecule has 0 aromatic heterocycles. The van der Waals surface area contributed by atoms with Gasteiger partial charge in [0.05, 0.1) is 5.56 Å². The number of carbonyl (C=O) groups is 2. The molecule has 5 heteroatoms. The minimum Gasteiger partial charge on any atom is -0.478 e. The molecular formula is C14H16BrNO3. The van der Waals surface area contributed by atoms with Crippen molar-refractivity contribution in [3.63, 3.8) is 0 Å². The normalized spacial score (nSPS) is 26.7. The summed E-state index contributed by atoms with van der Waals surface area (Å²) in [5.41, 5.74) is 1.15. The van der Waals surface area contributed by atoms with Crippen molar-refractivity contribution >= 4 is 28.3 Å². The fourth-order valence-corrected chi connectivity index (χ4v) is 3.45. The molecule has 3 atom stereocenters. The van der Waals surface area contributed by atoms with Crippen molar-refractivity contribution in [1.82, 2.24) is 5.32 Å². The Bertz CT molecular complexity index is 478. The summed E-state index contributed by atoms with van der Waals surface area (Å²) in [7, 11) is 0. The summed E-state index contributed by atoms with van der Waals surface area (Å²) in [6, 6.07) is 7.03. The van der Waals surface area contributed by atoms with E-state index in [0.717, 1.165) is 24.8 Å². The highest BCUT2D eigenvalue weighted by Gasteiger charge is 2.32. The van der Waals surface area contributed by atoms with E-state index < -0.39 is 5.97 Å². The van der Waals surface area contributed by atoms with E-state index in [-0.39, 0.29) is 12.0 Å². The Kier molecular flexibility index (Phi) is 4.58. The summed E-state index contributed by atoms with van der Waals surface area (Å²) in [6.07, 6.45) is 3.37. The van der Waals surface area contributed by atoms with Gasteiger partial charge >= 0.3 is 5.97 Å². The maximum Gasteiger partial charge on any atom is 0.335 e. The van der Waals surface area contributed by atoms with Crippen molar-refractivity contribution in [2.75, 3.05) is 0 Å². The van der Waals surface area contributed by atoms with Crippen LogP contribution in [0.4, 0.5) is 0 Å². The van der Waals surface area contributed by atoms with E-state index in [1.807, 2.05) is 12.1 Å². The average Bonchev–Trinajstić information content (AvgIpc) is 2.39. The molecule has 2 rings (SSSR count). The molecule has 0 aliphatic heterocycles. The number of carboxylic acid groups (broad SMARTS) is 1. The van der Waals surface area contributed by atoms with Crippen LogP contribution in [0.25, 0.3) is 0 Å². The lowest BCUT2D eigenvalue weighted by Crippen LogP contribution is -2.40. The van der Waals surface area contributed by atoms with Crippen molar-refractivity contribution in [2.45, 2.75) is 36.0 Å². The van der Waals surface area contributed by atoms with Crippen molar-refractivity contribution in [2.24, 2.45) is 0 Å². The molecule has 19 heavy (non-hydrogen) atoms. The van der Waals surface area contributed by atoms with Gasteiger partial charge in [-0.15, -0.1) is 0 Å². The Hall–Kier alpha value is -1.36. The summed E-state index contributed by atoms with van der Waals surface area (Å²) in [4.78, 5) is 22.4. The first-order valence-corrected chi connectivity index (χ1v) is 7.21. The number of alkyl halides is 1. The quantitative estimate of drug-likeness (QED) is 0.660.